The molecule has 0 bridgehead atoms. The van der Waals surface area contributed by atoms with Gasteiger partial charge in [-0.15, -0.1) is 0 Å². The second-order valence-electron chi connectivity index (χ2n) is 10.2. The highest BCUT2D eigenvalue weighted by atomic mass is 31.2. The molecule has 0 nitrogen and oxygen atoms in total. The van der Waals surface area contributed by atoms with Gasteiger partial charge in [-0.2, -0.15) is 0 Å². The monoisotopic (exact) mass is 427 g/mol. The van der Waals surface area contributed by atoms with Crippen LogP contribution in [0.15, 0.2) is 0 Å². The Bertz CT molecular complexity index is 292. The standard InChI is InChI=1S/C28H60P/c1-8-15-19-26(12-5)23-29(22-18-11-4,24-27(13-6)20-16-9-2)25-28(14-7)21-17-10-3/h26-28H,8-25H2,1-7H3/q+1. The highest BCUT2D eigenvalue weighted by molar-refractivity contribution is 7.75. The summed E-state index contributed by atoms with van der Waals surface area (Å²) in [6, 6.07) is 0. The molecule has 0 aromatic heterocycles. The van der Waals surface area contributed by atoms with E-state index in [1.807, 2.05) is 0 Å². The molecule has 3 atom stereocenters. The van der Waals surface area contributed by atoms with Crippen molar-refractivity contribution in [3.05, 3.63) is 0 Å². The Morgan fingerprint density at radius 3 is 1.00 bits per heavy atom. The summed E-state index contributed by atoms with van der Waals surface area (Å²) in [5, 5.41) is 0. The molecule has 3 unspecified atom stereocenters. The molecule has 0 saturated carbocycles. The highest BCUT2D eigenvalue weighted by Gasteiger charge is 2.42. The van der Waals surface area contributed by atoms with Crippen LogP contribution in [0.5, 0.6) is 0 Å². The van der Waals surface area contributed by atoms with Crippen LogP contribution in [0.3, 0.4) is 0 Å². The van der Waals surface area contributed by atoms with Crippen molar-refractivity contribution in [3.63, 3.8) is 0 Å². The number of hydrogen-bond donors (Lipinski definition) is 0. The van der Waals surface area contributed by atoms with E-state index < -0.39 is 7.26 Å². The van der Waals surface area contributed by atoms with E-state index in [4.69, 9.17) is 0 Å². The zero-order valence-electron chi connectivity index (χ0n) is 21.9. The smallest absolute Gasteiger partial charge is 0.0622 e. The lowest BCUT2D eigenvalue weighted by Crippen LogP contribution is -2.25. The van der Waals surface area contributed by atoms with Crippen LogP contribution in [-0.2, 0) is 0 Å². The molecule has 1 heteroatoms. The van der Waals surface area contributed by atoms with Gasteiger partial charge in [0.2, 0.25) is 0 Å². The van der Waals surface area contributed by atoms with Crippen molar-refractivity contribution in [1.82, 2.24) is 0 Å². The lowest BCUT2D eigenvalue weighted by atomic mass is 10.0. The van der Waals surface area contributed by atoms with Gasteiger partial charge in [-0.25, -0.2) is 0 Å². The molecule has 0 saturated heterocycles. The number of hydrogen-bond acceptors (Lipinski definition) is 0. The molecule has 0 aliphatic heterocycles. The summed E-state index contributed by atoms with van der Waals surface area (Å²) >= 11 is 0. The quantitative estimate of drug-likeness (QED) is 0.160. The predicted molar refractivity (Wildman–Crippen MR) is 141 cm³/mol. The van der Waals surface area contributed by atoms with E-state index in [1.54, 1.807) is 24.6 Å². The molecule has 0 aliphatic carbocycles. The first-order valence-electron chi connectivity index (χ1n) is 13.9. The van der Waals surface area contributed by atoms with Crippen molar-refractivity contribution in [3.8, 4) is 0 Å². The predicted octanol–water partition coefficient (Wildman–Crippen LogP) is 10.5. The Morgan fingerprint density at radius 1 is 0.448 bits per heavy atom. The third-order valence-corrected chi connectivity index (χ3v) is 12.7. The maximum Gasteiger partial charge on any atom is 0.0622 e. The summed E-state index contributed by atoms with van der Waals surface area (Å²) in [6.45, 7) is 17.0. The van der Waals surface area contributed by atoms with E-state index in [9.17, 15) is 0 Å². The van der Waals surface area contributed by atoms with E-state index in [0.717, 1.165) is 17.8 Å². The molecule has 0 fully saturated rings. The van der Waals surface area contributed by atoms with Crippen LogP contribution in [0.4, 0.5) is 0 Å². The first kappa shape index (κ1) is 29.4. The van der Waals surface area contributed by atoms with Gasteiger partial charge >= 0.3 is 0 Å². The van der Waals surface area contributed by atoms with Crippen molar-refractivity contribution < 1.29 is 0 Å². The topological polar surface area (TPSA) is 0 Å². The van der Waals surface area contributed by atoms with Crippen molar-refractivity contribution in [1.29, 1.82) is 0 Å². The normalized spacial score (nSPS) is 17.1. The van der Waals surface area contributed by atoms with E-state index in [0.29, 0.717) is 0 Å². The Balaban J connectivity index is 5.63. The first-order chi connectivity index (χ1) is 14.0. The molecule has 0 aromatic carbocycles. The second-order valence-corrected chi connectivity index (χ2v) is 14.4. The van der Waals surface area contributed by atoms with Gasteiger partial charge in [0.1, 0.15) is 0 Å². The fraction of sp³-hybridized carbons (Fsp3) is 1.00. The fourth-order valence-corrected chi connectivity index (χ4v) is 12.0. The van der Waals surface area contributed by atoms with Crippen LogP contribution < -0.4 is 0 Å². The zero-order chi connectivity index (χ0) is 22.0. The minimum atomic E-state index is -0.851. The lowest BCUT2D eigenvalue weighted by molar-refractivity contribution is 0.466. The number of unbranched alkanes of at least 4 members (excludes halogenated alkanes) is 4. The van der Waals surface area contributed by atoms with Crippen LogP contribution >= 0.6 is 7.26 Å². The molecule has 0 N–H and O–H groups in total. The summed E-state index contributed by atoms with van der Waals surface area (Å²) < 4.78 is 0. The Labute approximate surface area is 188 Å². The van der Waals surface area contributed by atoms with E-state index in [-0.39, 0.29) is 0 Å². The summed E-state index contributed by atoms with van der Waals surface area (Å²) in [4.78, 5) is 0. The molecule has 29 heavy (non-hydrogen) atoms. The molecule has 0 heterocycles. The van der Waals surface area contributed by atoms with Gasteiger partial charge in [-0.1, -0.05) is 93.4 Å². The van der Waals surface area contributed by atoms with Gasteiger partial charge in [0.15, 0.2) is 0 Å². The van der Waals surface area contributed by atoms with E-state index in [1.165, 1.54) is 89.9 Å². The maximum atomic E-state index is 2.48. The number of rotatable bonds is 21. The molecule has 176 valence electrons. The molecule has 0 rings (SSSR count). The van der Waals surface area contributed by atoms with Gasteiger partial charge in [0, 0.05) is 7.26 Å². The highest BCUT2D eigenvalue weighted by Crippen LogP contribution is 2.64. The average Bonchev–Trinajstić information content (AvgIpc) is 2.75. The Morgan fingerprint density at radius 2 is 0.759 bits per heavy atom. The molecular formula is C28H60P+. The van der Waals surface area contributed by atoms with Gasteiger partial charge < -0.3 is 0 Å². The van der Waals surface area contributed by atoms with Crippen molar-refractivity contribution in [2.45, 2.75) is 138 Å². The molecule has 0 aromatic rings. The SMILES string of the molecule is CCCCC(CC)C[P+](CCCC)(CC(CC)CCCC)CC(CC)CCCC. The second kappa shape index (κ2) is 19.1. The third kappa shape index (κ3) is 13.4. The summed E-state index contributed by atoms with van der Waals surface area (Å²) in [5.74, 6) is 3.02. The fourth-order valence-electron chi connectivity index (χ4n) is 5.39. The molecule has 0 radical (unpaired) electrons. The van der Waals surface area contributed by atoms with E-state index in [2.05, 4.69) is 48.5 Å². The van der Waals surface area contributed by atoms with Crippen molar-refractivity contribution in [2.75, 3.05) is 24.6 Å². The van der Waals surface area contributed by atoms with Gasteiger partial charge in [-0.05, 0) is 62.7 Å². The molecule has 0 amide bonds. The summed E-state index contributed by atoms with van der Waals surface area (Å²) in [7, 11) is -0.851. The molecule has 0 spiro atoms. The van der Waals surface area contributed by atoms with Gasteiger partial charge in [-0.3, -0.25) is 0 Å². The Hall–Kier alpha value is 0.430. The Kier molecular flexibility index (Phi) is 19.4. The van der Waals surface area contributed by atoms with Crippen molar-refractivity contribution in [2.24, 2.45) is 17.8 Å². The molecular weight excluding hydrogens is 367 g/mol. The van der Waals surface area contributed by atoms with Crippen LogP contribution in [0.2, 0.25) is 0 Å². The minimum absolute atomic E-state index is 0.851. The largest absolute Gasteiger partial charge is 0.0654 e. The average molecular weight is 428 g/mol. The van der Waals surface area contributed by atoms with E-state index >= 15 is 0 Å². The van der Waals surface area contributed by atoms with Crippen LogP contribution in [-0.4, -0.2) is 24.6 Å². The third-order valence-electron chi connectivity index (χ3n) is 7.55. The zero-order valence-corrected chi connectivity index (χ0v) is 22.8. The summed E-state index contributed by atoms with van der Waals surface area (Å²) in [6.07, 6.45) is 26.6. The maximum absolute atomic E-state index is 2.48. The first-order valence-corrected chi connectivity index (χ1v) is 16.4. The van der Waals surface area contributed by atoms with Crippen molar-refractivity contribution >= 4 is 7.26 Å². The van der Waals surface area contributed by atoms with Gasteiger partial charge in [0.05, 0.1) is 24.6 Å². The van der Waals surface area contributed by atoms with Crippen LogP contribution in [0, 0.1) is 17.8 Å². The summed E-state index contributed by atoms with van der Waals surface area (Å²) in [5.41, 5.74) is 0. The minimum Gasteiger partial charge on any atom is -0.0654 e. The lowest BCUT2D eigenvalue weighted by Gasteiger charge is -2.36. The van der Waals surface area contributed by atoms with Crippen LogP contribution in [0.25, 0.3) is 0 Å². The van der Waals surface area contributed by atoms with Gasteiger partial charge in [0.25, 0.3) is 0 Å². The van der Waals surface area contributed by atoms with Crippen LogP contribution in [0.1, 0.15) is 138 Å². The molecule has 0 aliphatic rings.